The fourth-order valence-corrected chi connectivity index (χ4v) is 4.08. The van der Waals surface area contributed by atoms with E-state index in [0.29, 0.717) is 6.42 Å². The number of aliphatic hydroxyl groups excluding tert-OH is 1. The summed E-state index contributed by atoms with van der Waals surface area (Å²) in [5.74, 6) is -0.660. The molecule has 0 heterocycles. The molecule has 0 rings (SSSR count). The number of aliphatic carboxylic acids is 1. The second-order valence-electron chi connectivity index (χ2n) is 9.09. The average molecular weight is 413 g/mol. The molecule has 0 saturated carbocycles. The Labute approximate surface area is 182 Å². The number of hydrogen-bond donors (Lipinski definition) is 2. The normalized spacial score (nSPS) is 12.3. The van der Waals surface area contributed by atoms with Crippen LogP contribution in [-0.2, 0) is 4.79 Å². The third-order valence-electron chi connectivity index (χ3n) is 6.07. The molecule has 0 aromatic heterocycles. The van der Waals surface area contributed by atoms with Gasteiger partial charge in [0.25, 0.3) is 0 Å². The number of rotatable bonds is 24. The molecule has 29 heavy (non-hydrogen) atoms. The fraction of sp³-hybridized carbons (Fsp3) is 0.962. The molecular formula is C26H52O3. The van der Waals surface area contributed by atoms with Crippen molar-refractivity contribution < 1.29 is 15.0 Å². The molecule has 1 atom stereocenters. The van der Waals surface area contributed by atoms with E-state index in [1.165, 1.54) is 116 Å². The zero-order valence-electron chi connectivity index (χ0n) is 19.6. The number of unbranched alkanes of at least 4 members (excludes halogenated alkanes) is 18. The van der Waals surface area contributed by atoms with Crippen LogP contribution in [0, 0.1) is 0 Å². The topological polar surface area (TPSA) is 57.5 Å². The van der Waals surface area contributed by atoms with Crippen LogP contribution < -0.4 is 0 Å². The molecule has 0 aliphatic heterocycles. The summed E-state index contributed by atoms with van der Waals surface area (Å²) >= 11 is 0. The van der Waals surface area contributed by atoms with Crippen molar-refractivity contribution in [2.75, 3.05) is 0 Å². The van der Waals surface area contributed by atoms with Crippen molar-refractivity contribution in [1.29, 1.82) is 0 Å². The SMILES string of the molecule is CCCCCCCC(O)CCCCCCCCCCCCCCCCCC(=O)O. The summed E-state index contributed by atoms with van der Waals surface area (Å²) in [4.78, 5) is 10.4. The van der Waals surface area contributed by atoms with E-state index < -0.39 is 5.97 Å². The Morgan fingerprint density at radius 1 is 0.552 bits per heavy atom. The number of aliphatic hydroxyl groups is 1. The minimum absolute atomic E-state index is 0.0543. The molecule has 174 valence electrons. The van der Waals surface area contributed by atoms with Crippen molar-refractivity contribution >= 4 is 5.97 Å². The van der Waals surface area contributed by atoms with Gasteiger partial charge in [0, 0.05) is 6.42 Å². The first-order chi connectivity index (χ1) is 14.2. The lowest BCUT2D eigenvalue weighted by Gasteiger charge is -2.10. The van der Waals surface area contributed by atoms with Crippen molar-refractivity contribution in [3.63, 3.8) is 0 Å². The maximum atomic E-state index is 10.4. The van der Waals surface area contributed by atoms with Gasteiger partial charge in [0.1, 0.15) is 0 Å². The van der Waals surface area contributed by atoms with E-state index in [1.807, 2.05) is 0 Å². The highest BCUT2D eigenvalue weighted by atomic mass is 16.4. The summed E-state index contributed by atoms with van der Waals surface area (Å²) in [7, 11) is 0. The molecule has 2 N–H and O–H groups in total. The van der Waals surface area contributed by atoms with Crippen LogP contribution in [0.15, 0.2) is 0 Å². The Bertz CT molecular complexity index is 330. The van der Waals surface area contributed by atoms with Crippen molar-refractivity contribution in [3.05, 3.63) is 0 Å². The van der Waals surface area contributed by atoms with Crippen molar-refractivity contribution in [2.45, 2.75) is 161 Å². The Balaban J connectivity index is 3.10. The lowest BCUT2D eigenvalue weighted by atomic mass is 10.0. The first-order valence-electron chi connectivity index (χ1n) is 13.1. The molecular weight excluding hydrogens is 360 g/mol. The maximum Gasteiger partial charge on any atom is 0.303 e. The lowest BCUT2D eigenvalue weighted by Crippen LogP contribution is -2.05. The van der Waals surface area contributed by atoms with Gasteiger partial charge in [0.2, 0.25) is 0 Å². The molecule has 1 unspecified atom stereocenters. The lowest BCUT2D eigenvalue weighted by molar-refractivity contribution is -0.137. The standard InChI is InChI=1S/C26H52O3/c1-2-3-4-16-19-22-25(27)23-20-17-14-12-10-8-6-5-7-9-11-13-15-18-21-24-26(28)29/h25,27H,2-24H2,1H3,(H,28,29). The summed E-state index contributed by atoms with van der Waals surface area (Å²) in [6, 6.07) is 0. The number of hydrogen-bond acceptors (Lipinski definition) is 2. The Hall–Kier alpha value is -0.570. The summed E-state index contributed by atoms with van der Waals surface area (Å²) < 4.78 is 0. The van der Waals surface area contributed by atoms with Crippen LogP contribution >= 0.6 is 0 Å². The van der Waals surface area contributed by atoms with Gasteiger partial charge in [-0.05, 0) is 19.3 Å². The Kier molecular flexibility index (Phi) is 23.2. The monoisotopic (exact) mass is 412 g/mol. The van der Waals surface area contributed by atoms with Gasteiger partial charge in [0.05, 0.1) is 6.10 Å². The Morgan fingerprint density at radius 2 is 0.862 bits per heavy atom. The van der Waals surface area contributed by atoms with Crippen LogP contribution in [-0.4, -0.2) is 22.3 Å². The van der Waals surface area contributed by atoms with Crippen LogP contribution in [0.2, 0.25) is 0 Å². The molecule has 3 heteroatoms. The number of carboxylic acids is 1. The van der Waals surface area contributed by atoms with Gasteiger partial charge >= 0.3 is 5.97 Å². The van der Waals surface area contributed by atoms with Crippen LogP contribution in [0.5, 0.6) is 0 Å². The van der Waals surface area contributed by atoms with Gasteiger partial charge in [-0.15, -0.1) is 0 Å². The van der Waals surface area contributed by atoms with E-state index in [4.69, 9.17) is 5.11 Å². The second-order valence-corrected chi connectivity index (χ2v) is 9.09. The molecule has 0 bridgehead atoms. The summed E-state index contributed by atoms with van der Waals surface area (Å²) in [5, 5.41) is 18.6. The molecule has 0 fully saturated rings. The van der Waals surface area contributed by atoms with E-state index in [9.17, 15) is 9.90 Å². The van der Waals surface area contributed by atoms with Gasteiger partial charge in [-0.2, -0.15) is 0 Å². The number of carbonyl (C=O) groups is 1. The van der Waals surface area contributed by atoms with Crippen LogP contribution in [0.1, 0.15) is 155 Å². The maximum absolute atomic E-state index is 10.4. The molecule has 0 aliphatic rings. The second kappa shape index (κ2) is 23.7. The quantitative estimate of drug-likeness (QED) is 0.156. The van der Waals surface area contributed by atoms with Crippen LogP contribution in [0.4, 0.5) is 0 Å². The highest BCUT2D eigenvalue weighted by Gasteiger charge is 2.03. The molecule has 0 amide bonds. The van der Waals surface area contributed by atoms with Crippen LogP contribution in [0.25, 0.3) is 0 Å². The van der Waals surface area contributed by atoms with Crippen LogP contribution in [0.3, 0.4) is 0 Å². The minimum Gasteiger partial charge on any atom is -0.481 e. The predicted octanol–water partition coefficient (Wildman–Crippen LogP) is 8.42. The summed E-state index contributed by atoms with van der Waals surface area (Å²) in [6.07, 6.45) is 27.9. The molecule has 0 spiro atoms. The highest BCUT2D eigenvalue weighted by Crippen LogP contribution is 2.15. The summed E-state index contributed by atoms with van der Waals surface area (Å²) in [6.45, 7) is 2.24. The zero-order valence-corrected chi connectivity index (χ0v) is 19.6. The molecule has 0 aromatic rings. The minimum atomic E-state index is -0.660. The smallest absolute Gasteiger partial charge is 0.303 e. The third-order valence-corrected chi connectivity index (χ3v) is 6.07. The first kappa shape index (κ1) is 28.4. The fourth-order valence-electron chi connectivity index (χ4n) is 4.08. The average Bonchev–Trinajstić information content (AvgIpc) is 2.70. The molecule has 0 radical (unpaired) electrons. The summed E-state index contributed by atoms with van der Waals surface area (Å²) in [5.41, 5.74) is 0. The molecule has 0 saturated heterocycles. The van der Waals surface area contributed by atoms with Crippen molar-refractivity contribution in [2.24, 2.45) is 0 Å². The predicted molar refractivity (Wildman–Crippen MR) is 126 cm³/mol. The van der Waals surface area contributed by atoms with Crippen molar-refractivity contribution in [3.8, 4) is 0 Å². The van der Waals surface area contributed by atoms with E-state index in [2.05, 4.69) is 6.92 Å². The van der Waals surface area contributed by atoms with Crippen molar-refractivity contribution in [1.82, 2.24) is 0 Å². The highest BCUT2D eigenvalue weighted by molar-refractivity contribution is 5.66. The Morgan fingerprint density at radius 3 is 1.21 bits per heavy atom. The van der Waals surface area contributed by atoms with Gasteiger partial charge < -0.3 is 10.2 Å². The zero-order chi connectivity index (χ0) is 21.4. The number of carboxylic acid groups (broad SMARTS) is 1. The van der Waals surface area contributed by atoms with E-state index >= 15 is 0 Å². The molecule has 0 aromatic carbocycles. The third kappa shape index (κ3) is 25.4. The largest absolute Gasteiger partial charge is 0.481 e. The van der Waals surface area contributed by atoms with E-state index in [1.54, 1.807) is 0 Å². The van der Waals surface area contributed by atoms with Gasteiger partial charge in [-0.3, -0.25) is 4.79 Å². The van der Waals surface area contributed by atoms with Gasteiger partial charge in [-0.1, -0.05) is 129 Å². The van der Waals surface area contributed by atoms with Gasteiger partial charge in [0.15, 0.2) is 0 Å². The van der Waals surface area contributed by atoms with E-state index in [0.717, 1.165) is 25.7 Å². The van der Waals surface area contributed by atoms with E-state index in [-0.39, 0.29) is 6.10 Å². The molecule has 0 aliphatic carbocycles. The van der Waals surface area contributed by atoms with Gasteiger partial charge in [-0.25, -0.2) is 0 Å². The molecule has 3 nitrogen and oxygen atoms in total. The first-order valence-corrected chi connectivity index (χ1v) is 13.1.